The van der Waals surface area contributed by atoms with Crippen LogP contribution in [0, 0.1) is 0 Å². The van der Waals surface area contributed by atoms with Gasteiger partial charge in [0.15, 0.2) is 5.78 Å². The van der Waals surface area contributed by atoms with Crippen molar-refractivity contribution in [2.45, 2.75) is 32.0 Å². The number of hydrogen-bond donors (Lipinski definition) is 0. The number of hydrogen-bond acceptors (Lipinski definition) is 4. The van der Waals surface area contributed by atoms with Gasteiger partial charge in [-0.2, -0.15) is 0 Å². The third-order valence-electron chi connectivity index (χ3n) is 3.28. The molecule has 112 valence electrons. The first-order valence-electron chi connectivity index (χ1n) is 6.54. The minimum atomic E-state index is -2.37. The number of Topliss-reactive ketones (excluding diaryl/α,β-unsaturated/α-hetero) is 1. The highest BCUT2D eigenvalue weighted by atomic mass is 19.1. The van der Waals surface area contributed by atoms with Gasteiger partial charge in [-0.1, -0.05) is 30.3 Å². The number of ketones is 1. The fraction of sp³-hybridized carbons (Fsp3) is 0.400. The summed E-state index contributed by atoms with van der Waals surface area (Å²) in [7, 11) is 0. The second kappa shape index (κ2) is 5.63. The third kappa shape index (κ3) is 3.09. The van der Waals surface area contributed by atoms with Gasteiger partial charge in [0.2, 0.25) is 6.17 Å². The fourth-order valence-corrected chi connectivity index (χ4v) is 2.14. The molecule has 1 aromatic carbocycles. The average Bonchev–Trinajstić information content (AvgIpc) is 2.72. The van der Waals surface area contributed by atoms with Crippen LogP contribution in [0.5, 0.6) is 0 Å². The first-order valence-corrected chi connectivity index (χ1v) is 6.54. The molecule has 1 aromatic rings. The van der Waals surface area contributed by atoms with Crippen molar-refractivity contribution in [3.8, 4) is 0 Å². The summed E-state index contributed by atoms with van der Waals surface area (Å²) in [4.78, 5) is 36.1. The van der Waals surface area contributed by atoms with Gasteiger partial charge in [0.05, 0.1) is 5.54 Å². The molecule has 1 unspecified atom stereocenters. The van der Waals surface area contributed by atoms with E-state index in [2.05, 4.69) is 0 Å². The van der Waals surface area contributed by atoms with Crippen molar-refractivity contribution in [2.75, 3.05) is 6.61 Å². The van der Waals surface area contributed by atoms with Gasteiger partial charge in [-0.05, 0) is 19.4 Å². The first-order chi connectivity index (χ1) is 9.83. The van der Waals surface area contributed by atoms with Crippen LogP contribution in [0.25, 0.3) is 0 Å². The number of ether oxygens (including phenoxy) is 1. The van der Waals surface area contributed by atoms with Gasteiger partial charge in [-0.25, -0.2) is 14.1 Å². The molecule has 0 saturated carbocycles. The Morgan fingerprint density at radius 2 is 1.95 bits per heavy atom. The Morgan fingerprint density at radius 1 is 1.33 bits per heavy atom. The maximum Gasteiger partial charge on any atom is 0.417 e. The van der Waals surface area contributed by atoms with Crippen molar-refractivity contribution in [2.24, 2.45) is 0 Å². The molecular formula is C15H16FNO4. The molecule has 1 fully saturated rings. The Hall–Kier alpha value is -2.24. The second-order valence-corrected chi connectivity index (χ2v) is 5.53. The van der Waals surface area contributed by atoms with E-state index in [-0.39, 0.29) is 13.0 Å². The summed E-state index contributed by atoms with van der Waals surface area (Å²) in [5.74, 6) is -2.04. The van der Waals surface area contributed by atoms with Crippen LogP contribution in [-0.4, -0.2) is 41.0 Å². The van der Waals surface area contributed by atoms with Gasteiger partial charge in [-0.3, -0.25) is 9.59 Å². The molecule has 1 heterocycles. The smallest absolute Gasteiger partial charge is 0.417 e. The highest BCUT2D eigenvalue weighted by Gasteiger charge is 2.47. The maximum atomic E-state index is 14.1. The fourth-order valence-electron chi connectivity index (χ4n) is 2.14. The average molecular weight is 293 g/mol. The number of carbonyl (C=O) groups excluding carboxylic acids is 3. The molecule has 1 aliphatic heterocycles. The van der Waals surface area contributed by atoms with Gasteiger partial charge in [0, 0.05) is 6.42 Å². The van der Waals surface area contributed by atoms with Crippen molar-refractivity contribution in [3.05, 3.63) is 35.9 Å². The molecule has 6 heteroatoms. The van der Waals surface area contributed by atoms with Crippen LogP contribution in [0.4, 0.5) is 9.18 Å². The van der Waals surface area contributed by atoms with Gasteiger partial charge in [0.25, 0.3) is 5.91 Å². The van der Waals surface area contributed by atoms with Crippen LogP contribution in [-0.2, 0) is 20.7 Å². The lowest BCUT2D eigenvalue weighted by molar-refractivity contribution is -0.142. The monoisotopic (exact) mass is 293 g/mol. The first kappa shape index (κ1) is 15.2. The Balaban J connectivity index is 2.09. The molecule has 0 radical (unpaired) electrons. The standard InChI is InChI=1S/C15H16FNO4/c1-15(2)9-21-14(20)17(15)13(19)12(16)11(18)8-10-6-4-3-5-7-10/h3-7,12H,8-9H2,1-2H3. The number of imide groups is 1. The molecule has 1 aliphatic rings. The predicted octanol–water partition coefficient (Wildman–Crippen LogP) is 1.89. The van der Waals surface area contributed by atoms with Gasteiger partial charge in [0.1, 0.15) is 6.61 Å². The van der Waals surface area contributed by atoms with E-state index in [1.54, 1.807) is 44.2 Å². The van der Waals surface area contributed by atoms with Gasteiger partial charge >= 0.3 is 6.09 Å². The van der Waals surface area contributed by atoms with E-state index in [0.717, 1.165) is 0 Å². The Labute approximate surface area is 121 Å². The van der Waals surface area contributed by atoms with Crippen molar-refractivity contribution >= 4 is 17.8 Å². The van der Waals surface area contributed by atoms with Crippen LogP contribution >= 0.6 is 0 Å². The number of carbonyl (C=O) groups is 3. The van der Waals surface area contributed by atoms with Crippen molar-refractivity contribution < 1.29 is 23.5 Å². The minimum absolute atomic E-state index is 0.0167. The lowest BCUT2D eigenvalue weighted by Crippen LogP contribution is -2.51. The third-order valence-corrected chi connectivity index (χ3v) is 3.28. The summed E-state index contributed by atoms with van der Waals surface area (Å²) in [5, 5.41) is 0. The van der Waals surface area contributed by atoms with Gasteiger partial charge < -0.3 is 4.74 Å². The lowest BCUT2D eigenvalue weighted by atomic mass is 10.0. The number of amides is 2. The predicted molar refractivity (Wildman–Crippen MR) is 72.3 cm³/mol. The van der Waals surface area contributed by atoms with Gasteiger partial charge in [-0.15, -0.1) is 0 Å². The molecule has 1 saturated heterocycles. The van der Waals surface area contributed by atoms with Crippen LogP contribution in [0.2, 0.25) is 0 Å². The number of halogens is 1. The number of alkyl halides is 1. The zero-order chi connectivity index (χ0) is 15.6. The van der Waals surface area contributed by atoms with E-state index < -0.39 is 29.5 Å². The van der Waals surface area contributed by atoms with E-state index in [4.69, 9.17) is 4.74 Å². The summed E-state index contributed by atoms with van der Waals surface area (Å²) in [6, 6.07) is 8.55. The van der Waals surface area contributed by atoms with Crippen molar-refractivity contribution in [1.29, 1.82) is 0 Å². The largest absolute Gasteiger partial charge is 0.447 e. The maximum absolute atomic E-state index is 14.1. The Morgan fingerprint density at radius 3 is 2.48 bits per heavy atom. The van der Waals surface area contributed by atoms with E-state index in [9.17, 15) is 18.8 Å². The van der Waals surface area contributed by atoms with Crippen LogP contribution in [0.15, 0.2) is 30.3 Å². The Kier molecular flexibility index (Phi) is 4.06. The topological polar surface area (TPSA) is 63.7 Å². The number of benzene rings is 1. The van der Waals surface area contributed by atoms with Crippen molar-refractivity contribution in [3.63, 3.8) is 0 Å². The van der Waals surface area contributed by atoms with Crippen LogP contribution < -0.4 is 0 Å². The molecule has 0 bridgehead atoms. The molecule has 0 N–H and O–H groups in total. The molecule has 5 nitrogen and oxygen atoms in total. The van der Waals surface area contributed by atoms with E-state index in [1.165, 1.54) is 0 Å². The lowest BCUT2D eigenvalue weighted by Gasteiger charge is -2.26. The molecule has 21 heavy (non-hydrogen) atoms. The SMILES string of the molecule is CC1(C)COC(=O)N1C(=O)C(F)C(=O)Cc1ccccc1. The molecular weight excluding hydrogens is 277 g/mol. The van der Waals surface area contributed by atoms with E-state index >= 15 is 0 Å². The zero-order valence-electron chi connectivity index (χ0n) is 11.8. The highest BCUT2D eigenvalue weighted by Crippen LogP contribution is 2.25. The van der Waals surface area contributed by atoms with E-state index in [1.807, 2.05) is 0 Å². The van der Waals surface area contributed by atoms with Crippen LogP contribution in [0.3, 0.4) is 0 Å². The molecule has 2 amide bonds. The van der Waals surface area contributed by atoms with Crippen molar-refractivity contribution in [1.82, 2.24) is 4.90 Å². The minimum Gasteiger partial charge on any atom is -0.447 e. The molecule has 0 aromatic heterocycles. The summed E-state index contributed by atoms with van der Waals surface area (Å²) < 4.78 is 18.8. The summed E-state index contributed by atoms with van der Waals surface area (Å²) in [5.41, 5.74) is -0.341. The Bertz CT molecular complexity index is 570. The highest BCUT2D eigenvalue weighted by molar-refractivity contribution is 6.09. The molecule has 1 atom stereocenters. The van der Waals surface area contributed by atoms with Crippen LogP contribution in [0.1, 0.15) is 19.4 Å². The number of cyclic esters (lactones) is 1. The second-order valence-electron chi connectivity index (χ2n) is 5.53. The summed E-state index contributed by atoms with van der Waals surface area (Å²) in [6.07, 6.45) is -3.48. The molecule has 0 aliphatic carbocycles. The molecule has 2 rings (SSSR count). The zero-order valence-corrected chi connectivity index (χ0v) is 11.8. The number of rotatable bonds is 4. The summed E-state index contributed by atoms with van der Waals surface area (Å²) >= 11 is 0. The normalized spacial score (nSPS) is 18.2. The quantitative estimate of drug-likeness (QED) is 0.795. The summed E-state index contributed by atoms with van der Waals surface area (Å²) in [6.45, 7) is 3.13. The van der Waals surface area contributed by atoms with E-state index in [0.29, 0.717) is 10.5 Å². The number of nitrogens with zero attached hydrogens (tertiary/aromatic N) is 1. The molecule has 0 spiro atoms.